The zero-order chi connectivity index (χ0) is 83.0. The van der Waals surface area contributed by atoms with Crippen LogP contribution in [0.5, 0.6) is 46.0 Å². The van der Waals surface area contributed by atoms with Gasteiger partial charge in [0.15, 0.2) is 0 Å². The lowest BCUT2D eigenvalue weighted by Gasteiger charge is -2.39. The van der Waals surface area contributed by atoms with Crippen molar-refractivity contribution in [1.29, 1.82) is 0 Å². The van der Waals surface area contributed by atoms with E-state index in [9.17, 15) is 45.5 Å². The van der Waals surface area contributed by atoms with Gasteiger partial charge in [0.05, 0.1) is 59.6 Å². The normalized spacial score (nSPS) is 13.3. The summed E-state index contributed by atoms with van der Waals surface area (Å²) in [5.41, 5.74) is -2.12. The predicted molar refractivity (Wildman–Crippen MR) is 408 cm³/mol. The van der Waals surface area contributed by atoms with Crippen molar-refractivity contribution in [2.45, 2.75) is 93.7 Å². The highest BCUT2D eigenvalue weighted by molar-refractivity contribution is 6.45. The summed E-state index contributed by atoms with van der Waals surface area (Å²) in [6, 6.07) is 21.2. The molecule has 2 aliphatic rings. The Bertz CT molecular complexity index is 5080. The van der Waals surface area contributed by atoms with E-state index < -0.39 is 182 Å². The van der Waals surface area contributed by atoms with Crippen molar-refractivity contribution >= 4 is 102 Å². The zero-order valence-electron chi connectivity index (χ0n) is 63.7. The first kappa shape index (κ1) is 82.1. The Hall–Kier alpha value is -12.9. The van der Waals surface area contributed by atoms with E-state index in [1.54, 1.807) is 62.4 Å². The third kappa shape index (κ3) is 16.7. The van der Waals surface area contributed by atoms with Gasteiger partial charge in [-0.1, -0.05) is 89.4 Å². The predicted octanol–water partition coefficient (Wildman–Crippen LogP) is 16.9. The van der Waals surface area contributed by atoms with Gasteiger partial charge >= 0.3 is 36.2 Å². The second kappa shape index (κ2) is 32.8. The summed E-state index contributed by atoms with van der Waals surface area (Å²) < 4.78 is 137. The number of fused-ring (bicyclic) bond motifs is 2. The third-order valence-corrected chi connectivity index (χ3v) is 19.0. The summed E-state index contributed by atoms with van der Waals surface area (Å²) >= 11 is 0. The lowest BCUT2D eigenvalue weighted by atomic mass is 9.80. The van der Waals surface area contributed by atoms with E-state index in [1.807, 2.05) is 0 Å². The first-order chi connectivity index (χ1) is 53.8. The molecule has 0 N–H and O–H groups in total. The Kier molecular flexibility index (Phi) is 23.6. The Balaban J connectivity index is 1.27. The number of nitrogens with zero attached hydrogens (tertiary/aromatic N) is 4. The fraction of sp³-hybridized carbons (Fsp3) is 0.279. The van der Waals surface area contributed by atoms with Crippen LogP contribution in [-0.2, 0) is 60.1 Å². The molecule has 6 amide bonds. The summed E-state index contributed by atoms with van der Waals surface area (Å²) in [7, 11) is 0. The van der Waals surface area contributed by atoms with Gasteiger partial charge in [0.2, 0.25) is 11.8 Å². The Morgan fingerprint density at radius 3 is 0.781 bits per heavy atom. The number of hydrogen-bond acceptors (Lipinski definition) is 18. The quantitative estimate of drug-likeness (QED) is 0.00771. The number of hydrogen-bond donors (Lipinski definition) is 0. The summed E-state index contributed by atoms with van der Waals surface area (Å²) in [6.45, 7) is 26.4. The van der Waals surface area contributed by atoms with Crippen LogP contribution in [0.1, 0.15) is 119 Å². The van der Waals surface area contributed by atoms with E-state index in [0.717, 1.165) is 57.3 Å². The van der Waals surface area contributed by atoms with E-state index in [0.29, 0.717) is 34.1 Å². The van der Waals surface area contributed by atoms with Gasteiger partial charge in [0.25, 0.3) is 23.6 Å². The monoisotopic (exact) mass is 1570 g/mol. The van der Waals surface area contributed by atoms with E-state index in [4.69, 9.17) is 37.9 Å². The van der Waals surface area contributed by atoms with Gasteiger partial charge in [0, 0.05) is 65.4 Å². The number of alkyl halides is 6. The van der Waals surface area contributed by atoms with Crippen molar-refractivity contribution < 1.29 is 112 Å². The first-order valence-electron chi connectivity index (χ1n) is 36.0. The van der Waals surface area contributed by atoms with Crippen molar-refractivity contribution in [3.63, 3.8) is 0 Å². The number of rotatable bonds is 30. The number of halogens is 6. The van der Waals surface area contributed by atoms with Crippen molar-refractivity contribution in [3.05, 3.63) is 214 Å². The Morgan fingerprint density at radius 1 is 0.360 bits per heavy atom. The number of aryl methyl sites for hydroxylation is 2. The molecule has 2 unspecified atom stereocenters. The lowest BCUT2D eigenvalue weighted by Crippen LogP contribution is -2.57. The fourth-order valence-electron chi connectivity index (χ4n) is 13.4. The molecule has 0 radical (unpaired) electrons. The number of esters is 4. The molecule has 0 fully saturated rings. The van der Waals surface area contributed by atoms with Gasteiger partial charge in [-0.05, 0) is 150 Å². The van der Waals surface area contributed by atoms with Crippen LogP contribution in [0, 0.1) is 25.7 Å². The lowest BCUT2D eigenvalue weighted by molar-refractivity contribution is -0.146. The van der Waals surface area contributed by atoms with Crippen LogP contribution in [0.4, 0.5) is 26.3 Å². The molecule has 11 rings (SSSR count). The summed E-state index contributed by atoms with van der Waals surface area (Å²) in [5, 5.41) is -1.27. The van der Waals surface area contributed by atoms with Crippen LogP contribution in [0.25, 0.3) is 43.1 Å². The molecule has 0 bridgehead atoms. The summed E-state index contributed by atoms with van der Waals surface area (Å²) in [6.07, 6.45) is -9.78. The van der Waals surface area contributed by atoms with Crippen LogP contribution in [0.2, 0.25) is 0 Å². The average molecular weight is 1570 g/mol. The van der Waals surface area contributed by atoms with E-state index in [2.05, 4.69) is 26.3 Å². The number of imide groups is 2. The standard InChI is InChI=1S/C86H78F6N4O18/c1-43(2)73(79(101)93(31-35-107-81(103)45(5)6)32-36-108-82(104)46(7)8)95-75(97)57-39-61(111-53-23-15-49(13)16-24-53)67-68-62(112-54-25-17-50(14)18-26-54)40-58-66-60(78(100)96(76(58)98)74(44(3)4)80(102)94(33-37-109-83(105)47(9)10)34-38-110-84(106)48(11)12)42-64(114-56-29-21-52(22-30-56)86(90,91)92)70(72(66)68)69-63(41-59(77(95)99)65(57)71(67)69)113-55-27-19-51(20-28-55)85(87,88)89/h15-30,39-44,73-74H,5,7,9,11,31-38H2,1-4,6,8,10,12-14H3. The van der Waals surface area contributed by atoms with E-state index in [-0.39, 0.29) is 111 Å². The van der Waals surface area contributed by atoms with E-state index >= 15 is 28.8 Å². The van der Waals surface area contributed by atoms with Crippen LogP contribution in [0.15, 0.2) is 170 Å². The SMILES string of the molecule is C=C(C)C(=O)OCCN(CCOC(=O)C(=C)C)C(=O)C(C(C)C)N1C(=O)c2cc(Oc3ccc(C)cc3)c3c4c(Oc5ccc(C)cc5)cc5c6c(cc(Oc7ccc(C(F)(F)F)cc7)c(c7c(Oc8ccc(C(F)(F)F)cc8)cc(c2c37)C1=O)c64)C(=O)N(C(C(=O)N(CCOC(=O)C(=C)C)CCOC(=O)C(=C)C)C(C)C)C5=O. The van der Waals surface area contributed by atoms with Crippen molar-refractivity contribution in [2.24, 2.45) is 11.8 Å². The van der Waals surface area contributed by atoms with Crippen LogP contribution < -0.4 is 18.9 Å². The highest BCUT2D eigenvalue weighted by Gasteiger charge is 2.49. The molecular formula is C86H78F6N4O18. The summed E-state index contributed by atoms with van der Waals surface area (Å²) in [5.74, 6) is -13.5. The van der Waals surface area contributed by atoms with E-state index in [1.165, 1.54) is 67.5 Å². The van der Waals surface area contributed by atoms with Crippen molar-refractivity contribution in [1.82, 2.24) is 19.6 Å². The van der Waals surface area contributed by atoms with Gasteiger partial charge in [0.1, 0.15) is 84.5 Å². The minimum atomic E-state index is -4.89. The number of carbonyl (C=O) groups excluding carboxylic acids is 10. The molecule has 2 heterocycles. The van der Waals surface area contributed by atoms with Gasteiger partial charge in [-0.25, -0.2) is 19.2 Å². The van der Waals surface area contributed by atoms with Crippen LogP contribution in [-0.4, -0.2) is 144 Å². The van der Waals surface area contributed by atoms with Gasteiger partial charge in [-0.3, -0.25) is 38.6 Å². The molecule has 0 aromatic heterocycles. The smallest absolute Gasteiger partial charge is 0.416 e. The molecular weight excluding hydrogens is 1490 g/mol. The van der Waals surface area contributed by atoms with Gasteiger partial charge in [-0.15, -0.1) is 0 Å². The molecule has 2 aliphatic heterocycles. The largest absolute Gasteiger partial charge is 0.460 e. The van der Waals surface area contributed by atoms with Crippen LogP contribution in [0.3, 0.4) is 0 Å². The molecule has 9 aromatic rings. The highest BCUT2D eigenvalue weighted by Crippen LogP contribution is 2.58. The Labute approximate surface area is 649 Å². The molecule has 2 atom stereocenters. The first-order valence-corrected chi connectivity index (χ1v) is 36.0. The van der Waals surface area contributed by atoms with Crippen molar-refractivity contribution in [3.8, 4) is 46.0 Å². The number of amides is 6. The zero-order valence-corrected chi connectivity index (χ0v) is 63.7. The minimum Gasteiger partial charge on any atom is -0.460 e. The molecule has 114 heavy (non-hydrogen) atoms. The minimum absolute atomic E-state index is 0.0182. The maximum Gasteiger partial charge on any atom is 0.416 e. The highest BCUT2D eigenvalue weighted by atomic mass is 19.4. The second-order valence-corrected chi connectivity index (χ2v) is 28.4. The molecule has 0 aliphatic carbocycles. The number of ether oxygens (including phenoxy) is 8. The second-order valence-electron chi connectivity index (χ2n) is 28.4. The third-order valence-electron chi connectivity index (χ3n) is 19.0. The molecule has 0 saturated heterocycles. The molecule has 28 heteroatoms. The Morgan fingerprint density at radius 2 is 0.579 bits per heavy atom. The maximum absolute atomic E-state index is 16.4. The maximum atomic E-state index is 16.4. The molecule has 0 saturated carbocycles. The topological polar surface area (TPSA) is 258 Å². The molecule has 22 nitrogen and oxygen atoms in total. The van der Waals surface area contributed by atoms with Crippen LogP contribution >= 0.6 is 0 Å². The number of benzene rings is 9. The fourth-order valence-corrected chi connectivity index (χ4v) is 13.4. The molecule has 0 spiro atoms. The average Bonchev–Trinajstić information content (AvgIpc) is 0.670. The molecule has 9 aromatic carbocycles. The van der Waals surface area contributed by atoms with Crippen molar-refractivity contribution in [2.75, 3.05) is 52.6 Å². The molecule has 592 valence electrons. The van der Waals surface area contributed by atoms with Gasteiger partial charge < -0.3 is 47.7 Å². The van der Waals surface area contributed by atoms with Gasteiger partial charge in [-0.2, -0.15) is 26.3 Å². The number of carbonyl (C=O) groups is 10. The summed E-state index contributed by atoms with van der Waals surface area (Å²) in [4.78, 5) is 152.